The van der Waals surface area contributed by atoms with E-state index in [-0.39, 0.29) is 22.5 Å². The first kappa shape index (κ1) is 14.9. The molecule has 1 heterocycles. The van der Waals surface area contributed by atoms with Crippen LogP contribution in [0.2, 0.25) is 0 Å². The number of benzene rings is 1. The van der Waals surface area contributed by atoms with Crippen molar-refractivity contribution in [1.82, 2.24) is 4.98 Å². The van der Waals surface area contributed by atoms with Crippen LogP contribution < -0.4 is 16.0 Å². The highest BCUT2D eigenvalue weighted by Crippen LogP contribution is 2.32. The molecule has 0 spiro atoms. The van der Waals surface area contributed by atoms with E-state index in [0.717, 1.165) is 3.57 Å². The van der Waals surface area contributed by atoms with Crippen molar-refractivity contribution in [2.75, 3.05) is 12.8 Å². The van der Waals surface area contributed by atoms with Gasteiger partial charge in [-0.05, 0) is 40.3 Å². The quantitative estimate of drug-likeness (QED) is 0.759. The Balaban J connectivity index is 2.89. The molecule has 104 valence electrons. The van der Waals surface area contributed by atoms with E-state index in [1.165, 1.54) is 7.11 Å². The van der Waals surface area contributed by atoms with E-state index < -0.39 is 5.56 Å². The molecular weight excluding hydrogens is 383 g/mol. The minimum atomic E-state index is -0.624. The Labute approximate surface area is 133 Å². The molecule has 0 atom stereocenters. The molecule has 1 aromatic heterocycles. The third kappa shape index (κ3) is 2.56. The van der Waals surface area contributed by atoms with Crippen LogP contribution in [-0.4, -0.2) is 12.1 Å². The molecule has 1 aromatic carbocycles. The summed E-state index contributed by atoms with van der Waals surface area (Å²) in [6, 6.07) is 8.90. The Morgan fingerprint density at radius 2 is 1.95 bits per heavy atom. The fourth-order valence-electron chi connectivity index (χ4n) is 1.95. The second-order valence-electron chi connectivity index (χ2n) is 4.07. The van der Waals surface area contributed by atoms with E-state index in [4.69, 9.17) is 10.5 Å². The number of anilines is 1. The van der Waals surface area contributed by atoms with Gasteiger partial charge >= 0.3 is 0 Å². The summed E-state index contributed by atoms with van der Waals surface area (Å²) in [6.45, 7) is 0. The molecule has 0 saturated heterocycles. The zero-order valence-electron chi connectivity index (χ0n) is 10.9. The lowest BCUT2D eigenvalue weighted by Gasteiger charge is -2.11. The van der Waals surface area contributed by atoms with Gasteiger partial charge in [0.15, 0.2) is 0 Å². The number of aromatic amines is 1. The van der Waals surface area contributed by atoms with E-state index in [9.17, 15) is 15.3 Å². The van der Waals surface area contributed by atoms with Crippen LogP contribution in [0.5, 0.6) is 5.75 Å². The minimum absolute atomic E-state index is 0.0611. The molecule has 7 heteroatoms. The number of nitrogens with two attached hydrogens (primary N) is 1. The molecule has 0 aliphatic heterocycles. The lowest BCUT2D eigenvalue weighted by Crippen LogP contribution is -2.16. The summed E-state index contributed by atoms with van der Waals surface area (Å²) in [5.74, 6) is 0.522. The average molecular weight is 392 g/mol. The molecule has 0 amide bonds. The molecule has 0 bridgehead atoms. The number of nitrogens with one attached hydrogen (secondary N) is 1. The molecular formula is C14H9IN4O2. The number of hydrogen-bond donors (Lipinski definition) is 2. The maximum absolute atomic E-state index is 11.9. The van der Waals surface area contributed by atoms with Gasteiger partial charge in [0.25, 0.3) is 5.56 Å². The van der Waals surface area contributed by atoms with Crippen LogP contribution in [0.1, 0.15) is 11.1 Å². The zero-order valence-corrected chi connectivity index (χ0v) is 13.1. The van der Waals surface area contributed by atoms with Gasteiger partial charge in [-0.1, -0.05) is 6.07 Å². The Morgan fingerprint density at radius 3 is 2.52 bits per heavy atom. The summed E-state index contributed by atoms with van der Waals surface area (Å²) < 4.78 is 6.09. The van der Waals surface area contributed by atoms with Crippen LogP contribution in [0.3, 0.4) is 0 Å². The van der Waals surface area contributed by atoms with E-state index in [2.05, 4.69) is 27.6 Å². The third-order valence-corrected chi connectivity index (χ3v) is 3.80. The molecule has 0 unspecified atom stereocenters. The number of rotatable bonds is 2. The van der Waals surface area contributed by atoms with Gasteiger partial charge in [0.2, 0.25) is 0 Å². The fourth-order valence-corrected chi connectivity index (χ4v) is 2.50. The molecule has 6 nitrogen and oxygen atoms in total. The minimum Gasteiger partial charge on any atom is -0.496 e. The Kier molecular flexibility index (Phi) is 4.15. The first-order valence-electron chi connectivity index (χ1n) is 5.73. The summed E-state index contributed by atoms with van der Waals surface area (Å²) in [4.78, 5) is 14.2. The van der Waals surface area contributed by atoms with Gasteiger partial charge in [0.05, 0.1) is 10.7 Å². The Hall–Kier alpha value is -2.52. The van der Waals surface area contributed by atoms with Gasteiger partial charge in [-0.15, -0.1) is 0 Å². The lowest BCUT2D eigenvalue weighted by molar-refractivity contribution is 0.412. The Morgan fingerprint density at radius 1 is 1.29 bits per heavy atom. The molecule has 21 heavy (non-hydrogen) atoms. The van der Waals surface area contributed by atoms with E-state index >= 15 is 0 Å². The number of halogens is 1. The van der Waals surface area contributed by atoms with Crippen molar-refractivity contribution in [3.63, 3.8) is 0 Å². The number of methoxy groups -OCH3 is 1. The van der Waals surface area contributed by atoms with Crippen molar-refractivity contribution in [2.24, 2.45) is 0 Å². The van der Waals surface area contributed by atoms with Gasteiger partial charge in [-0.3, -0.25) is 4.79 Å². The molecule has 0 fully saturated rings. The van der Waals surface area contributed by atoms with Crippen molar-refractivity contribution < 1.29 is 4.74 Å². The van der Waals surface area contributed by atoms with Crippen molar-refractivity contribution in [3.8, 4) is 29.0 Å². The third-order valence-electron chi connectivity index (χ3n) is 2.91. The van der Waals surface area contributed by atoms with Crippen LogP contribution >= 0.6 is 22.6 Å². The molecule has 0 radical (unpaired) electrons. The standard InChI is InChI=1S/C14H9IN4O2/c1-21-11-4-7(2-3-10(11)15)12-8(5-16)13(18)19-14(20)9(12)6-17/h2-4H,1H3,(H3,18,19,20). The van der Waals surface area contributed by atoms with Crippen molar-refractivity contribution in [3.05, 3.63) is 43.2 Å². The maximum atomic E-state index is 11.9. The zero-order chi connectivity index (χ0) is 15.6. The van der Waals surface area contributed by atoms with E-state index in [0.29, 0.717) is 11.3 Å². The number of aromatic nitrogens is 1. The van der Waals surface area contributed by atoms with Crippen LogP contribution in [0.25, 0.3) is 11.1 Å². The van der Waals surface area contributed by atoms with Crippen molar-refractivity contribution in [1.29, 1.82) is 10.5 Å². The molecule has 3 N–H and O–H groups in total. The van der Waals surface area contributed by atoms with Crippen molar-refractivity contribution in [2.45, 2.75) is 0 Å². The van der Waals surface area contributed by atoms with E-state index in [1.54, 1.807) is 18.2 Å². The average Bonchev–Trinajstić information content (AvgIpc) is 2.47. The largest absolute Gasteiger partial charge is 0.496 e. The van der Waals surface area contributed by atoms with Crippen molar-refractivity contribution >= 4 is 28.4 Å². The second kappa shape index (κ2) is 5.85. The van der Waals surface area contributed by atoms with Crippen LogP contribution in [0.4, 0.5) is 5.82 Å². The lowest BCUT2D eigenvalue weighted by atomic mass is 9.96. The summed E-state index contributed by atoms with van der Waals surface area (Å²) in [7, 11) is 1.52. The molecule has 0 aliphatic carbocycles. The second-order valence-corrected chi connectivity index (χ2v) is 5.23. The number of hydrogen-bond acceptors (Lipinski definition) is 5. The summed E-state index contributed by atoms with van der Waals surface area (Å²) in [5.41, 5.74) is 5.71. The summed E-state index contributed by atoms with van der Waals surface area (Å²) in [6.07, 6.45) is 0. The summed E-state index contributed by atoms with van der Waals surface area (Å²) in [5, 5.41) is 18.5. The van der Waals surface area contributed by atoms with Gasteiger partial charge in [-0.2, -0.15) is 10.5 Å². The summed E-state index contributed by atoms with van der Waals surface area (Å²) >= 11 is 2.10. The monoisotopic (exact) mass is 392 g/mol. The first-order valence-corrected chi connectivity index (χ1v) is 6.81. The number of nitriles is 2. The van der Waals surface area contributed by atoms with Crippen LogP contribution in [-0.2, 0) is 0 Å². The predicted molar refractivity (Wildman–Crippen MR) is 85.6 cm³/mol. The van der Waals surface area contributed by atoms with E-state index in [1.807, 2.05) is 12.1 Å². The van der Waals surface area contributed by atoms with Gasteiger partial charge in [0.1, 0.15) is 34.8 Å². The molecule has 0 aliphatic rings. The number of pyridine rings is 1. The molecule has 0 saturated carbocycles. The SMILES string of the molecule is COc1cc(-c2c(C#N)c(N)[nH]c(=O)c2C#N)ccc1I. The van der Waals surface area contributed by atoms with Gasteiger partial charge in [0, 0.05) is 5.56 Å². The number of ether oxygens (including phenoxy) is 1. The highest BCUT2D eigenvalue weighted by Gasteiger charge is 2.18. The maximum Gasteiger partial charge on any atom is 0.268 e. The van der Waals surface area contributed by atoms with Gasteiger partial charge in [-0.25, -0.2) is 0 Å². The molecule has 2 rings (SSSR count). The highest BCUT2D eigenvalue weighted by atomic mass is 127. The van der Waals surface area contributed by atoms with Crippen LogP contribution in [0.15, 0.2) is 23.0 Å². The van der Waals surface area contributed by atoms with Gasteiger partial charge < -0.3 is 15.5 Å². The topological polar surface area (TPSA) is 116 Å². The van der Waals surface area contributed by atoms with Crippen LogP contribution in [0, 0.1) is 26.2 Å². The molecule has 2 aromatic rings. The first-order chi connectivity index (χ1) is 10.0. The Bertz CT molecular complexity index is 859. The number of H-pyrrole nitrogens is 1. The highest BCUT2D eigenvalue weighted by molar-refractivity contribution is 14.1. The smallest absolute Gasteiger partial charge is 0.268 e. The number of nitrogens with zero attached hydrogens (tertiary/aromatic N) is 2. The normalized spacial score (nSPS) is 9.71. The number of nitrogen functional groups attached to an aromatic ring is 1. The fraction of sp³-hybridized carbons (Fsp3) is 0.0714. The predicted octanol–water partition coefficient (Wildman–Crippen LogP) is 1.98.